The van der Waals surface area contributed by atoms with Gasteiger partial charge in [0.1, 0.15) is 5.78 Å². The van der Waals surface area contributed by atoms with E-state index in [9.17, 15) is 4.79 Å². The van der Waals surface area contributed by atoms with Crippen LogP contribution >= 0.6 is 0 Å². The minimum Gasteiger partial charge on any atom is -0.307 e. The summed E-state index contributed by atoms with van der Waals surface area (Å²) in [5.74, 6) is 0.487. The molecule has 0 spiro atoms. The molecule has 1 aliphatic rings. The average Bonchev–Trinajstić information content (AvgIpc) is 2.26. The number of hydrogen-bond donors (Lipinski definition) is 1. The molecule has 3 nitrogen and oxygen atoms in total. The number of rotatable bonds is 5. The van der Waals surface area contributed by atoms with Crippen LogP contribution in [0.1, 0.15) is 33.6 Å². The molecule has 0 aliphatic carbocycles. The zero-order valence-electron chi connectivity index (χ0n) is 10.3. The van der Waals surface area contributed by atoms with Crippen molar-refractivity contribution in [3.05, 3.63) is 0 Å². The quantitative estimate of drug-likeness (QED) is 0.745. The van der Waals surface area contributed by atoms with Gasteiger partial charge in [0.25, 0.3) is 0 Å². The summed E-state index contributed by atoms with van der Waals surface area (Å²) < 4.78 is 0. The third-order valence-corrected chi connectivity index (χ3v) is 3.24. The van der Waals surface area contributed by atoms with Crippen molar-refractivity contribution in [2.75, 3.05) is 26.2 Å². The molecule has 0 amide bonds. The van der Waals surface area contributed by atoms with Gasteiger partial charge in [0, 0.05) is 12.0 Å². The lowest BCUT2D eigenvalue weighted by atomic mass is 10.0. The van der Waals surface area contributed by atoms with E-state index in [2.05, 4.69) is 17.1 Å². The highest BCUT2D eigenvalue weighted by molar-refractivity contribution is 5.82. The molecule has 0 radical (unpaired) electrons. The summed E-state index contributed by atoms with van der Waals surface area (Å²) in [6.07, 6.45) is 2.36. The minimum atomic E-state index is 0.160. The first kappa shape index (κ1) is 12.7. The van der Waals surface area contributed by atoms with Crippen molar-refractivity contribution in [1.29, 1.82) is 0 Å². The molecule has 0 aromatic rings. The fourth-order valence-electron chi connectivity index (χ4n) is 1.90. The van der Waals surface area contributed by atoms with Crippen LogP contribution in [0.3, 0.4) is 0 Å². The molecular formula is C12H24N2O. The van der Waals surface area contributed by atoms with Gasteiger partial charge in [-0.3, -0.25) is 4.79 Å². The zero-order valence-corrected chi connectivity index (χ0v) is 10.3. The fraction of sp³-hybridized carbons (Fsp3) is 0.917. The van der Waals surface area contributed by atoms with Crippen LogP contribution in [0.25, 0.3) is 0 Å². The number of nitrogens with zero attached hydrogens (tertiary/aromatic N) is 1. The normalized spacial score (nSPS) is 19.7. The molecule has 1 fully saturated rings. The highest BCUT2D eigenvalue weighted by atomic mass is 16.1. The number of carbonyl (C=O) groups excluding carboxylic acids is 1. The SMILES string of the molecule is CCN1CCC(NCC(=O)C(C)C)CC1. The number of carbonyl (C=O) groups is 1. The number of Topliss-reactive ketones (excluding diaryl/α,β-unsaturated/α-hetero) is 1. The van der Waals surface area contributed by atoms with Gasteiger partial charge in [0.05, 0.1) is 6.54 Å². The van der Waals surface area contributed by atoms with Crippen LogP contribution in [-0.2, 0) is 4.79 Å². The van der Waals surface area contributed by atoms with E-state index >= 15 is 0 Å². The van der Waals surface area contributed by atoms with Crippen molar-refractivity contribution in [2.45, 2.75) is 39.7 Å². The van der Waals surface area contributed by atoms with Crippen molar-refractivity contribution in [3.8, 4) is 0 Å². The second-order valence-corrected chi connectivity index (χ2v) is 4.71. The first-order valence-electron chi connectivity index (χ1n) is 6.12. The number of hydrogen-bond acceptors (Lipinski definition) is 3. The zero-order chi connectivity index (χ0) is 11.3. The first-order chi connectivity index (χ1) is 7.13. The summed E-state index contributed by atoms with van der Waals surface area (Å²) in [6, 6.07) is 0.551. The van der Waals surface area contributed by atoms with Crippen LogP contribution in [0.4, 0.5) is 0 Å². The van der Waals surface area contributed by atoms with Crippen molar-refractivity contribution in [2.24, 2.45) is 5.92 Å². The molecule has 0 atom stereocenters. The molecular weight excluding hydrogens is 188 g/mol. The molecule has 0 saturated carbocycles. The van der Waals surface area contributed by atoms with E-state index in [1.165, 1.54) is 25.9 Å². The summed E-state index contributed by atoms with van der Waals surface area (Å²) in [5.41, 5.74) is 0. The molecule has 15 heavy (non-hydrogen) atoms. The van der Waals surface area contributed by atoms with E-state index in [0.717, 1.165) is 6.54 Å². The van der Waals surface area contributed by atoms with E-state index < -0.39 is 0 Å². The molecule has 3 heteroatoms. The number of ketones is 1. The van der Waals surface area contributed by atoms with Crippen LogP contribution < -0.4 is 5.32 Å². The lowest BCUT2D eigenvalue weighted by Gasteiger charge is -2.31. The fourth-order valence-corrected chi connectivity index (χ4v) is 1.90. The minimum absolute atomic E-state index is 0.160. The first-order valence-corrected chi connectivity index (χ1v) is 6.12. The summed E-state index contributed by atoms with van der Waals surface area (Å²) in [7, 11) is 0. The summed E-state index contributed by atoms with van der Waals surface area (Å²) in [6.45, 7) is 10.2. The van der Waals surface area contributed by atoms with E-state index in [1.807, 2.05) is 13.8 Å². The van der Waals surface area contributed by atoms with Crippen LogP contribution in [0, 0.1) is 5.92 Å². The van der Waals surface area contributed by atoms with Crippen LogP contribution in [0.15, 0.2) is 0 Å². The summed E-state index contributed by atoms with van der Waals surface area (Å²) >= 11 is 0. The molecule has 1 aliphatic heterocycles. The highest BCUT2D eigenvalue weighted by Crippen LogP contribution is 2.09. The third kappa shape index (κ3) is 4.31. The van der Waals surface area contributed by atoms with Gasteiger partial charge in [0.2, 0.25) is 0 Å². The lowest BCUT2D eigenvalue weighted by molar-refractivity contribution is -0.121. The topological polar surface area (TPSA) is 32.3 Å². The molecule has 0 unspecified atom stereocenters. The predicted molar refractivity (Wildman–Crippen MR) is 63.0 cm³/mol. The van der Waals surface area contributed by atoms with Gasteiger partial charge in [-0.15, -0.1) is 0 Å². The van der Waals surface area contributed by atoms with E-state index in [1.54, 1.807) is 0 Å². The van der Waals surface area contributed by atoms with Gasteiger partial charge < -0.3 is 10.2 Å². The van der Waals surface area contributed by atoms with Crippen LogP contribution in [0.5, 0.6) is 0 Å². The average molecular weight is 212 g/mol. The predicted octanol–water partition coefficient (Wildman–Crippen LogP) is 1.29. The second kappa shape index (κ2) is 6.23. The van der Waals surface area contributed by atoms with Crippen molar-refractivity contribution in [1.82, 2.24) is 10.2 Å². The van der Waals surface area contributed by atoms with Gasteiger partial charge >= 0.3 is 0 Å². The van der Waals surface area contributed by atoms with Gasteiger partial charge in [0.15, 0.2) is 0 Å². The lowest BCUT2D eigenvalue weighted by Crippen LogP contribution is -2.44. The molecule has 1 rings (SSSR count). The summed E-state index contributed by atoms with van der Waals surface area (Å²) in [5, 5.41) is 3.37. The molecule has 0 aromatic heterocycles. The third-order valence-electron chi connectivity index (χ3n) is 3.24. The Morgan fingerprint density at radius 2 is 2.00 bits per heavy atom. The van der Waals surface area contributed by atoms with E-state index in [0.29, 0.717) is 18.4 Å². The largest absolute Gasteiger partial charge is 0.307 e. The molecule has 88 valence electrons. The Kier molecular flexibility index (Phi) is 5.26. The Labute approximate surface area is 93.2 Å². The smallest absolute Gasteiger partial charge is 0.149 e. The second-order valence-electron chi connectivity index (χ2n) is 4.71. The Hall–Kier alpha value is -0.410. The molecule has 1 heterocycles. The van der Waals surface area contributed by atoms with Gasteiger partial charge in [-0.1, -0.05) is 20.8 Å². The standard InChI is InChI=1S/C12H24N2O/c1-4-14-7-5-11(6-8-14)13-9-12(15)10(2)3/h10-11,13H,4-9H2,1-3H3. The monoisotopic (exact) mass is 212 g/mol. The Bertz CT molecular complexity index is 196. The number of nitrogens with one attached hydrogen (secondary N) is 1. The molecule has 1 N–H and O–H groups in total. The maximum Gasteiger partial charge on any atom is 0.149 e. The maximum atomic E-state index is 11.4. The van der Waals surface area contributed by atoms with E-state index in [4.69, 9.17) is 0 Å². The van der Waals surface area contributed by atoms with Crippen LogP contribution in [0.2, 0.25) is 0 Å². The van der Waals surface area contributed by atoms with Crippen molar-refractivity contribution < 1.29 is 4.79 Å². The van der Waals surface area contributed by atoms with Gasteiger partial charge in [-0.2, -0.15) is 0 Å². The Morgan fingerprint density at radius 1 is 1.40 bits per heavy atom. The number of likely N-dealkylation sites (tertiary alicyclic amines) is 1. The Balaban J connectivity index is 2.16. The molecule has 1 saturated heterocycles. The van der Waals surface area contributed by atoms with Gasteiger partial charge in [-0.05, 0) is 32.5 Å². The highest BCUT2D eigenvalue weighted by Gasteiger charge is 2.18. The van der Waals surface area contributed by atoms with E-state index in [-0.39, 0.29) is 5.92 Å². The molecule has 0 bridgehead atoms. The van der Waals surface area contributed by atoms with Crippen molar-refractivity contribution in [3.63, 3.8) is 0 Å². The number of piperidine rings is 1. The van der Waals surface area contributed by atoms with Crippen molar-refractivity contribution >= 4 is 5.78 Å². The van der Waals surface area contributed by atoms with Crippen LogP contribution in [-0.4, -0.2) is 42.9 Å². The molecule has 0 aromatic carbocycles. The summed E-state index contributed by atoms with van der Waals surface area (Å²) in [4.78, 5) is 13.9. The van der Waals surface area contributed by atoms with Gasteiger partial charge in [-0.25, -0.2) is 0 Å². The Morgan fingerprint density at radius 3 is 2.47 bits per heavy atom. The maximum absolute atomic E-state index is 11.4.